The quantitative estimate of drug-likeness (QED) is 0.591. The number of sulfonamides is 1. The van der Waals surface area contributed by atoms with E-state index in [0.29, 0.717) is 11.3 Å². The maximum atomic E-state index is 13.4. The number of rotatable bonds is 4. The molecule has 1 fully saturated rings. The Balaban J connectivity index is 1.53. The summed E-state index contributed by atoms with van der Waals surface area (Å²) in [6.45, 7) is 0.698. The fraction of sp³-hybridized carbons (Fsp3) is 0.227. The molecule has 4 rings (SSSR count). The van der Waals surface area contributed by atoms with Crippen LogP contribution in [0.2, 0.25) is 5.02 Å². The normalized spacial score (nSPS) is 15.3. The second-order valence-electron chi connectivity index (χ2n) is 7.17. The van der Waals surface area contributed by atoms with E-state index in [-0.39, 0.29) is 42.0 Å². The predicted octanol–water partition coefficient (Wildman–Crippen LogP) is 3.79. The molecule has 3 aromatic carbocycles. The largest absolute Gasteiger partial charge is 0.496 e. The average molecular weight is 463 g/mol. The summed E-state index contributed by atoms with van der Waals surface area (Å²) in [5.74, 6) is -0.426. The average Bonchev–Trinajstić information content (AvgIpc) is 2.79. The first-order chi connectivity index (χ1) is 14.8. The van der Waals surface area contributed by atoms with E-state index in [1.807, 2.05) is 30.3 Å². The Kier molecular flexibility index (Phi) is 5.88. The summed E-state index contributed by atoms with van der Waals surface area (Å²) in [6.07, 6.45) is 0. The third-order valence-corrected chi connectivity index (χ3v) is 7.54. The number of hydrogen-bond donors (Lipinski definition) is 0. The molecule has 9 heteroatoms. The second-order valence-corrected chi connectivity index (χ2v) is 9.52. The minimum absolute atomic E-state index is 0.0742. The van der Waals surface area contributed by atoms with Gasteiger partial charge in [0.2, 0.25) is 10.0 Å². The zero-order valence-corrected chi connectivity index (χ0v) is 18.3. The van der Waals surface area contributed by atoms with Crippen LogP contribution in [0.4, 0.5) is 4.39 Å². The first-order valence-corrected chi connectivity index (χ1v) is 11.4. The molecule has 1 heterocycles. The summed E-state index contributed by atoms with van der Waals surface area (Å²) in [7, 11) is -2.32. The molecule has 0 aliphatic carbocycles. The first-order valence-electron chi connectivity index (χ1n) is 9.62. The predicted molar refractivity (Wildman–Crippen MR) is 117 cm³/mol. The van der Waals surface area contributed by atoms with Crippen molar-refractivity contribution in [2.24, 2.45) is 0 Å². The van der Waals surface area contributed by atoms with Gasteiger partial charge in [-0.25, -0.2) is 12.8 Å². The van der Waals surface area contributed by atoms with Crippen molar-refractivity contribution in [1.82, 2.24) is 9.21 Å². The number of piperazine rings is 1. The molecule has 0 saturated carbocycles. The van der Waals surface area contributed by atoms with Crippen molar-refractivity contribution in [3.8, 4) is 5.75 Å². The number of fused-ring (bicyclic) bond motifs is 1. The van der Waals surface area contributed by atoms with Crippen LogP contribution in [0.15, 0.2) is 59.5 Å². The fourth-order valence-electron chi connectivity index (χ4n) is 3.64. The Morgan fingerprint density at radius 1 is 1.00 bits per heavy atom. The van der Waals surface area contributed by atoms with Crippen LogP contribution in [0.5, 0.6) is 5.75 Å². The van der Waals surface area contributed by atoms with Gasteiger partial charge >= 0.3 is 0 Å². The van der Waals surface area contributed by atoms with Crippen LogP contribution in [0.1, 0.15) is 10.4 Å². The second kappa shape index (κ2) is 8.45. The lowest BCUT2D eigenvalue weighted by Crippen LogP contribution is -2.50. The summed E-state index contributed by atoms with van der Waals surface area (Å²) < 4.78 is 45.8. The van der Waals surface area contributed by atoms with Crippen LogP contribution in [0, 0.1) is 5.82 Å². The summed E-state index contributed by atoms with van der Waals surface area (Å²) in [5.41, 5.74) is 0.433. The fourth-order valence-corrected chi connectivity index (χ4v) is 5.34. The number of ether oxygens (including phenoxy) is 1. The minimum Gasteiger partial charge on any atom is -0.496 e. The highest BCUT2D eigenvalue weighted by Gasteiger charge is 2.31. The molecule has 0 spiro atoms. The van der Waals surface area contributed by atoms with Gasteiger partial charge in [-0.3, -0.25) is 4.79 Å². The third-order valence-electron chi connectivity index (χ3n) is 5.35. The topological polar surface area (TPSA) is 66.9 Å². The van der Waals surface area contributed by atoms with Gasteiger partial charge in [-0.1, -0.05) is 35.9 Å². The lowest BCUT2D eigenvalue weighted by Gasteiger charge is -2.34. The monoisotopic (exact) mass is 462 g/mol. The highest BCUT2D eigenvalue weighted by molar-refractivity contribution is 7.89. The van der Waals surface area contributed by atoms with E-state index in [9.17, 15) is 17.6 Å². The van der Waals surface area contributed by atoms with Crippen LogP contribution < -0.4 is 4.74 Å². The van der Waals surface area contributed by atoms with Crippen molar-refractivity contribution in [3.63, 3.8) is 0 Å². The van der Waals surface area contributed by atoms with Gasteiger partial charge in [0, 0.05) is 26.2 Å². The number of methoxy groups -OCH3 is 1. The number of carbonyl (C=O) groups is 1. The van der Waals surface area contributed by atoms with Crippen LogP contribution >= 0.6 is 11.6 Å². The Labute approximate surface area is 184 Å². The molecule has 0 radical (unpaired) electrons. The Morgan fingerprint density at radius 3 is 2.26 bits per heavy atom. The Hall–Kier alpha value is -2.68. The van der Waals surface area contributed by atoms with Gasteiger partial charge in [0.25, 0.3) is 5.91 Å². The number of nitrogens with zero attached hydrogens (tertiary/aromatic N) is 2. The molecule has 0 N–H and O–H groups in total. The van der Waals surface area contributed by atoms with Crippen LogP contribution in [0.3, 0.4) is 0 Å². The molecule has 0 aromatic heterocycles. The molecule has 162 valence electrons. The number of hydrogen-bond acceptors (Lipinski definition) is 4. The highest BCUT2D eigenvalue weighted by atomic mass is 35.5. The summed E-state index contributed by atoms with van der Waals surface area (Å²) in [5, 5.41) is 1.63. The number of halogens is 2. The van der Waals surface area contributed by atoms with Crippen molar-refractivity contribution >= 4 is 38.3 Å². The molecule has 1 aliphatic rings. The first kappa shape index (κ1) is 21.5. The lowest BCUT2D eigenvalue weighted by molar-refractivity contribution is 0.0694. The maximum absolute atomic E-state index is 13.4. The van der Waals surface area contributed by atoms with Gasteiger partial charge in [0.1, 0.15) is 11.6 Å². The van der Waals surface area contributed by atoms with E-state index in [1.165, 1.54) is 17.5 Å². The summed E-state index contributed by atoms with van der Waals surface area (Å²) in [4.78, 5) is 14.7. The number of amides is 1. The van der Waals surface area contributed by atoms with Gasteiger partial charge in [0.05, 0.1) is 22.6 Å². The molecule has 1 aliphatic heterocycles. The highest BCUT2D eigenvalue weighted by Crippen LogP contribution is 2.28. The zero-order chi connectivity index (χ0) is 22.2. The molecule has 0 atom stereocenters. The Bertz CT molecular complexity index is 1260. The molecular formula is C22H20ClFN2O4S. The molecule has 1 saturated heterocycles. The molecule has 1 amide bonds. The number of carbonyl (C=O) groups excluding carboxylic acids is 1. The van der Waals surface area contributed by atoms with Gasteiger partial charge in [-0.2, -0.15) is 4.31 Å². The molecule has 0 bridgehead atoms. The van der Waals surface area contributed by atoms with Crippen LogP contribution in [-0.4, -0.2) is 56.8 Å². The van der Waals surface area contributed by atoms with Crippen LogP contribution in [0.25, 0.3) is 10.8 Å². The lowest BCUT2D eigenvalue weighted by atomic mass is 10.0. The minimum atomic E-state index is -3.84. The van der Waals surface area contributed by atoms with E-state index in [1.54, 1.807) is 11.0 Å². The molecule has 3 aromatic rings. The van der Waals surface area contributed by atoms with Crippen molar-refractivity contribution < 1.29 is 22.3 Å². The van der Waals surface area contributed by atoms with Gasteiger partial charge in [0.15, 0.2) is 0 Å². The van der Waals surface area contributed by atoms with Crippen LogP contribution in [-0.2, 0) is 10.0 Å². The summed E-state index contributed by atoms with van der Waals surface area (Å²) in [6, 6.07) is 14.6. The van der Waals surface area contributed by atoms with E-state index >= 15 is 0 Å². The standard InChI is InChI=1S/C22H20ClFN2O4S/c1-30-21-13-16-5-3-2-4-15(16)12-18(21)22(27)25-8-10-26(11-9-25)31(28,29)17-6-7-20(24)19(23)14-17/h2-7,12-14H,8-11H2,1H3. The molecule has 31 heavy (non-hydrogen) atoms. The molecule has 0 unspecified atom stereocenters. The van der Waals surface area contributed by atoms with Gasteiger partial charge in [-0.15, -0.1) is 0 Å². The van der Waals surface area contributed by atoms with Gasteiger partial charge in [-0.05, 0) is 41.1 Å². The Morgan fingerprint density at radius 2 is 1.65 bits per heavy atom. The third kappa shape index (κ3) is 4.11. The van der Waals surface area contributed by atoms with Crippen molar-refractivity contribution in [3.05, 3.63) is 71.0 Å². The van der Waals surface area contributed by atoms with Gasteiger partial charge < -0.3 is 9.64 Å². The van der Waals surface area contributed by atoms with Crippen molar-refractivity contribution in [2.45, 2.75) is 4.90 Å². The van der Waals surface area contributed by atoms with E-state index in [2.05, 4.69) is 0 Å². The SMILES string of the molecule is COc1cc2ccccc2cc1C(=O)N1CCN(S(=O)(=O)c2ccc(F)c(Cl)c2)CC1. The van der Waals surface area contributed by atoms with E-state index < -0.39 is 15.8 Å². The number of benzene rings is 3. The van der Waals surface area contributed by atoms with Crippen molar-refractivity contribution in [1.29, 1.82) is 0 Å². The smallest absolute Gasteiger partial charge is 0.257 e. The zero-order valence-electron chi connectivity index (χ0n) is 16.7. The van der Waals surface area contributed by atoms with E-state index in [4.69, 9.17) is 16.3 Å². The van der Waals surface area contributed by atoms with Crippen molar-refractivity contribution in [2.75, 3.05) is 33.3 Å². The molecular weight excluding hydrogens is 443 g/mol. The molecule has 6 nitrogen and oxygen atoms in total. The maximum Gasteiger partial charge on any atom is 0.257 e. The summed E-state index contributed by atoms with van der Waals surface area (Å²) >= 11 is 5.74. The van der Waals surface area contributed by atoms with E-state index in [0.717, 1.165) is 22.9 Å².